The summed E-state index contributed by atoms with van der Waals surface area (Å²) >= 11 is 7.39. The molecular weight excluding hydrogens is 360 g/mol. The quantitative estimate of drug-likeness (QED) is 0.634. The van der Waals surface area contributed by atoms with Crippen molar-refractivity contribution in [2.45, 2.75) is 6.54 Å². The van der Waals surface area contributed by atoms with Crippen molar-refractivity contribution in [2.75, 3.05) is 19.6 Å². The number of amides is 1. The minimum atomic E-state index is -0.146. The Morgan fingerprint density at radius 3 is 2.80 bits per heavy atom. The summed E-state index contributed by atoms with van der Waals surface area (Å²) in [6.45, 7) is 2.42. The van der Waals surface area contributed by atoms with E-state index in [9.17, 15) is 9.59 Å². The predicted octanol–water partition coefficient (Wildman–Crippen LogP) is 0.820. The van der Waals surface area contributed by atoms with Crippen LogP contribution in [0.5, 0.6) is 0 Å². The summed E-state index contributed by atoms with van der Waals surface area (Å²) in [4.78, 5) is 33.4. The van der Waals surface area contributed by atoms with Gasteiger partial charge in [0.1, 0.15) is 11.4 Å². The van der Waals surface area contributed by atoms with Gasteiger partial charge in [-0.15, -0.1) is 11.3 Å². The molecule has 1 saturated heterocycles. The van der Waals surface area contributed by atoms with Crippen LogP contribution in [0.3, 0.4) is 0 Å². The van der Waals surface area contributed by atoms with Gasteiger partial charge in [0.15, 0.2) is 12.4 Å². The van der Waals surface area contributed by atoms with Crippen molar-refractivity contribution in [3.63, 3.8) is 0 Å². The van der Waals surface area contributed by atoms with Crippen LogP contribution in [0.15, 0.2) is 34.4 Å². The fraction of sp³-hybridized carbons (Fsp3) is 0.235. The molecule has 25 heavy (non-hydrogen) atoms. The third-order valence-electron chi connectivity index (χ3n) is 4.28. The summed E-state index contributed by atoms with van der Waals surface area (Å²) in [5.41, 5.74) is 1.66. The molecule has 128 valence electrons. The largest absolute Gasteiger partial charge is 0.346 e. The maximum absolute atomic E-state index is 12.6. The van der Waals surface area contributed by atoms with Crippen molar-refractivity contribution in [3.05, 3.63) is 50.8 Å². The van der Waals surface area contributed by atoms with Gasteiger partial charge in [-0.1, -0.05) is 23.7 Å². The lowest BCUT2D eigenvalue weighted by Gasteiger charge is -2.22. The fourth-order valence-corrected chi connectivity index (χ4v) is 4.16. The highest BCUT2D eigenvalue weighted by atomic mass is 35.5. The minimum absolute atomic E-state index is 0.0332. The van der Waals surface area contributed by atoms with Crippen LogP contribution in [0.2, 0.25) is 5.02 Å². The number of H-pyrrole nitrogens is 1. The van der Waals surface area contributed by atoms with Gasteiger partial charge in [0.05, 0.1) is 18.5 Å². The molecule has 3 aromatic rings. The van der Waals surface area contributed by atoms with E-state index in [0.29, 0.717) is 40.7 Å². The van der Waals surface area contributed by atoms with Crippen molar-refractivity contribution in [3.8, 4) is 11.1 Å². The first kappa shape index (κ1) is 16.3. The van der Waals surface area contributed by atoms with E-state index in [1.54, 1.807) is 12.1 Å². The Morgan fingerprint density at radius 2 is 2.04 bits per heavy atom. The highest BCUT2D eigenvalue weighted by molar-refractivity contribution is 7.17. The van der Waals surface area contributed by atoms with Crippen LogP contribution in [-0.4, -0.2) is 35.5 Å². The number of carbonyl (C=O) groups is 1. The molecule has 6 nitrogen and oxygen atoms in total. The first-order valence-electron chi connectivity index (χ1n) is 7.97. The molecule has 1 aliphatic rings. The Bertz CT molecular complexity index is 996. The molecule has 4 rings (SSSR count). The molecule has 8 heteroatoms. The van der Waals surface area contributed by atoms with Crippen LogP contribution < -0.4 is 15.8 Å². The number of fused-ring (bicyclic) bond motifs is 1. The Labute approximate surface area is 152 Å². The van der Waals surface area contributed by atoms with Crippen LogP contribution in [0.25, 0.3) is 21.3 Å². The second kappa shape index (κ2) is 6.59. The number of halogens is 1. The zero-order valence-corrected chi connectivity index (χ0v) is 14.8. The molecule has 0 spiro atoms. The van der Waals surface area contributed by atoms with E-state index in [0.717, 1.165) is 22.6 Å². The molecule has 1 atom stereocenters. The second-order valence-electron chi connectivity index (χ2n) is 6.05. The number of nitrogens with one attached hydrogen (secondary N) is 3. The first-order chi connectivity index (χ1) is 12.1. The van der Waals surface area contributed by atoms with Crippen molar-refractivity contribution in [1.29, 1.82) is 0 Å². The van der Waals surface area contributed by atoms with Crippen LogP contribution >= 0.6 is 22.9 Å². The molecule has 3 N–H and O–H groups in total. The maximum Gasteiger partial charge on any atom is 0.275 e. The predicted molar refractivity (Wildman–Crippen MR) is 98.1 cm³/mol. The van der Waals surface area contributed by atoms with Crippen molar-refractivity contribution in [1.82, 2.24) is 15.3 Å². The number of aromatic amines is 1. The SMILES string of the molecule is O=C1C[NH+](Cc2nc3scc(-c4ccc(Cl)cc4)c3c(=O)[nH]2)CCN1. The van der Waals surface area contributed by atoms with Crippen molar-refractivity contribution in [2.24, 2.45) is 0 Å². The number of aromatic nitrogens is 2. The Kier molecular flexibility index (Phi) is 4.29. The number of hydrogen-bond acceptors (Lipinski definition) is 4. The normalized spacial score (nSPS) is 17.6. The van der Waals surface area contributed by atoms with Crippen molar-refractivity contribution < 1.29 is 9.69 Å². The lowest BCUT2D eigenvalue weighted by atomic mass is 10.1. The third kappa shape index (κ3) is 3.30. The van der Waals surface area contributed by atoms with E-state index in [2.05, 4.69) is 15.3 Å². The van der Waals surface area contributed by atoms with E-state index in [1.165, 1.54) is 11.3 Å². The molecule has 1 fully saturated rings. The zero-order valence-electron chi connectivity index (χ0n) is 13.3. The Hall–Kier alpha value is -2.22. The molecular formula is C17H16ClN4O2S+. The zero-order chi connectivity index (χ0) is 17.4. The number of rotatable bonds is 3. The van der Waals surface area contributed by atoms with E-state index in [4.69, 9.17) is 11.6 Å². The minimum Gasteiger partial charge on any atom is -0.346 e. The molecule has 0 radical (unpaired) electrons. The standard InChI is InChI=1S/C17H15ClN4O2S/c18-11-3-1-10(2-4-11)12-9-25-17-15(12)16(24)20-13(21-17)7-22-6-5-19-14(23)8-22/h1-4,9H,5-8H2,(H,19,23)(H,20,21,24)/p+1. The summed E-state index contributed by atoms with van der Waals surface area (Å²) in [5, 5.41) is 6.01. The number of quaternary nitrogens is 1. The van der Waals surface area contributed by atoms with Gasteiger partial charge in [-0.25, -0.2) is 4.98 Å². The van der Waals surface area contributed by atoms with E-state index < -0.39 is 0 Å². The molecule has 1 aliphatic heterocycles. The summed E-state index contributed by atoms with van der Waals surface area (Å²) in [5.74, 6) is 0.650. The smallest absolute Gasteiger partial charge is 0.275 e. The Balaban J connectivity index is 1.68. The summed E-state index contributed by atoms with van der Waals surface area (Å²) in [6.07, 6.45) is 0. The van der Waals surface area contributed by atoms with E-state index in [1.807, 2.05) is 17.5 Å². The summed E-state index contributed by atoms with van der Waals surface area (Å²) < 4.78 is 0. The number of piperazine rings is 1. The van der Waals surface area contributed by atoms with Crippen LogP contribution in [0.4, 0.5) is 0 Å². The first-order valence-corrected chi connectivity index (χ1v) is 9.22. The van der Waals surface area contributed by atoms with Crippen molar-refractivity contribution >= 4 is 39.1 Å². The number of hydrogen-bond donors (Lipinski definition) is 3. The number of benzene rings is 1. The van der Waals surface area contributed by atoms with Gasteiger partial charge in [-0.05, 0) is 17.7 Å². The van der Waals surface area contributed by atoms with E-state index >= 15 is 0 Å². The molecule has 0 aliphatic carbocycles. The maximum atomic E-state index is 12.6. The second-order valence-corrected chi connectivity index (χ2v) is 7.35. The highest BCUT2D eigenvalue weighted by Crippen LogP contribution is 2.31. The average Bonchev–Trinajstić information content (AvgIpc) is 3.00. The van der Waals surface area contributed by atoms with Crippen LogP contribution in [0.1, 0.15) is 5.82 Å². The lowest BCUT2D eigenvalue weighted by Crippen LogP contribution is -3.14. The molecule has 1 aromatic carbocycles. The fourth-order valence-electron chi connectivity index (χ4n) is 3.06. The average molecular weight is 376 g/mol. The lowest BCUT2D eigenvalue weighted by molar-refractivity contribution is -0.907. The van der Waals surface area contributed by atoms with Gasteiger partial charge in [-0.2, -0.15) is 0 Å². The molecule has 0 saturated carbocycles. The molecule has 0 bridgehead atoms. The summed E-state index contributed by atoms with van der Waals surface area (Å²) in [6, 6.07) is 7.41. The van der Waals surface area contributed by atoms with Gasteiger partial charge < -0.3 is 15.2 Å². The molecule has 2 aromatic heterocycles. The number of carbonyl (C=O) groups excluding carboxylic acids is 1. The molecule has 3 heterocycles. The monoisotopic (exact) mass is 375 g/mol. The number of thiophene rings is 1. The highest BCUT2D eigenvalue weighted by Gasteiger charge is 2.21. The Morgan fingerprint density at radius 1 is 1.24 bits per heavy atom. The van der Waals surface area contributed by atoms with Crippen LogP contribution in [-0.2, 0) is 11.3 Å². The van der Waals surface area contributed by atoms with Gasteiger partial charge >= 0.3 is 0 Å². The van der Waals surface area contributed by atoms with Crippen LogP contribution in [0, 0.1) is 0 Å². The molecule has 1 amide bonds. The van der Waals surface area contributed by atoms with Gasteiger partial charge in [-0.3, -0.25) is 9.59 Å². The summed E-state index contributed by atoms with van der Waals surface area (Å²) in [7, 11) is 0. The number of nitrogens with zero attached hydrogens (tertiary/aromatic N) is 1. The van der Waals surface area contributed by atoms with Gasteiger partial charge in [0, 0.05) is 16.0 Å². The topological polar surface area (TPSA) is 79.3 Å². The van der Waals surface area contributed by atoms with Gasteiger partial charge in [0.25, 0.3) is 11.5 Å². The molecule has 1 unspecified atom stereocenters. The third-order valence-corrected chi connectivity index (χ3v) is 5.40. The van der Waals surface area contributed by atoms with Gasteiger partial charge in [0.2, 0.25) is 0 Å². The van der Waals surface area contributed by atoms with E-state index in [-0.39, 0.29) is 11.5 Å².